The molecule has 0 spiro atoms. The van der Waals surface area contributed by atoms with E-state index >= 15 is 0 Å². The fraction of sp³-hybridized carbons (Fsp3) is 0.105. The molecule has 27 heavy (non-hydrogen) atoms. The second-order valence-corrected chi connectivity index (χ2v) is 6.49. The highest BCUT2D eigenvalue weighted by molar-refractivity contribution is 7.14. The summed E-state index contributed by atoms with van der Waals surface area (Å²) < 4.78 is 15.2. The number of esters is 1. The molecular weight excluding hydrogens is 368 g/mol. The SMILES string of the molecule is COC(=O)c1ccc(-c2csc(NC(=O)c3ccc4c(c3)OCO4)n2)cc1. The molecule has 3 aromatic rings. The molecule has 7 nitrogen and oxygen atoms in total. The summed E-state index contributed by atoms with van der Waals surface area (Å²) in [4.78, 5) is 28.3. The van der Waals surface area contributed by atoms with Crippen LogP contribution in [-0.4, -0.2) is 30.8 Å². The van der Waals surface area contributed by atoms with Gasteiger partial charge in [-0.25, -0.2) is 9.78 Å². The van der Waals surface area contributed by atoms with Gasteiger partial charge >= 0.3 is 5.97 Å². The molecular formula is C19H14N2O5S. The third kappa shape index (κ3) is 3.47. The van der Waals surface area contributed by atoms with Gasteiger partial charge in [-0.1, -0.05) is 12.1 Å². The van der Waals surface area contributed by atoms with Crippen LogP contribution in [0.15, 0.2) is 47.8 Å². The van der Waals surface area contributed by atoms with Crippen molar-refractivity contribution in [1.82, 2.24) is 4.98 Å². The van der Waals surface area contributed by atoms with Gasteiger partial charge in [0.05, 0.1) is 18.4 Å². The largest absolute Gasteiger partial charge is 0.465 e. The molecule has 1 aliphatic heterocycles. The van der Waals surface area contributed by atoms with Gasteiger partial charge in [-0.2, -0.15) is 0 Å². The maximum absolute atomic E-state index is 12.4. The number of ether oxygens (including phenoxy) is 3. The Morgan fingerprint density at radius 2 is 1.81 bits per heavy atom. The molecule has 0 aliphatic carbocycles. The van der Waals surface area contributed by atoms with Crippen LogP contribution in [-0.2, 0) is 4.74 Å². The second-order valence-electron chi connectivity index (χ2n) is 5.63. The standard InChI is InChI=1S/C19H14N2O5S/c1-24-18(23)12-4-2-11(3-5-12)14-9-27-19(20-14)21-17(22)13-6-7-15-16(8-13)26-10-25-15/h2-9H,10H2,1H3,(H,20,21,22). The number of fused-ring (bicyclic) bond motifs is 1. The number of rotatable bonds is 4. The number of carbonyl (C=O) groups excluding carboxylic acids is 2. The second kappa shape index (κ2) is 7.08. The van der Waals surface area contributed by atoms with Gasteiger partial charge in [0.25, 0.3) is 5.91 Å². The normalized spacial score (nSPS) is 11.9. The van der Waals surface area contributed by atoms with E-state index in [1.807, 2.05) is 5.38 Å². The Morgan fingerprint density at radius 3 is 2.59 bits per heavy atom. The Morgan fingerprint density at radius 1 is 1.07 bits per heavy atom. The number of nitrogens with zero attached hydrogens (tertiary/aromatic N) is 1. The number of hydrogen-bond acceptors (Lipinski definition) is 7. The van der Waals surface area contributed by atoms with Crippen LogP contribution in [0.3, 0.4) is 0 Å². The van der Waals surface area contributed by atoms with Crippen molar-refractivity contribution in [3.8, 4) is 22.8 Å². The van der Waals surface area contributed by atoms with Gasteiger partial charge in [-0.3, -0.25) is 10.1 Å². The van der Waals surface area contributed by atoms with E-state index in [1.54, 1.807) is 42.5 Å². The molecule has 1 N–H and O–H groups in total. The van der Waals surface area contributed by atoms with Crippen molar-refractivity contribution in [1.29, 1.82) is 0 Å². The van der Waals surface area contributed by atoms with Gasteiger partial charge < -0.3 is 14.2 Å². The van der Waals surface area contributed by atoms with Gasteiger partial charge in [0.1, 0.15) is 0 Å². The van der Waals surface area contributed by atoms with Gasteiger partial charge in [0, 0.05) is 16.5 Å². The highest BCUT2D eigenvalue weighted by Gasteiger charge is 2.17. The number of carbonyl (C=O) groups is 2. The van der Waals surface area contributed by atoms with E-state index in [0.717, 1.165) is 5.56 Å². The molecule has 1 aliphatic rings. The Hall–Kier alpha value is -3.39. The minimum atomic E-state index is -0.392. The van der Waals surface area contributed by atoms with Crippen LogP contribution in [0.5, 0.6) is 11.5 Å². The van der Waals surface area contributed by atoms with E-state index in [-0.39, 0.29) is 12.7 Å². The lowest BCUT2D eigenvalue weighted by atomic mass is 10.1. The molecule has 0 unspecified atom stereocenters. The predicted molar refractivity (Wildman–Crippen MR) is 99.4 cm³/mol. The minimum Gasteiger partial charge on any atom is -0.465 e. The fourth-order valence-corrected chi connectivity index (χ4v) is 3.28. The number of hydrogen-bond donors (Lipinski definition) is 1. The van der Waals surface area contributed by atoms with E-state index in [2.05, 4.69) is 15.0 Å². The fourth-order valence-electron chi connectivity index (χ4n) is 2.57. The van der Waals surface area contributed by atoms with Crippen LogP contribution < -0.4 is 14.8 Å². The summed E-state index contributed by atoms with van der Waals surface area (Å²) in [6, 6.07) is 11.9. The Kier molecular flexibility index (Phi) is 4.47. The predicted octanol–water partition coefficient (Wildman–Crippen LogP) is 3.58. The molecule has 1 aromatic heterocycles. The van der Waals surface area contributed by atoms with Gasteiger partial charge in [-0.15, -0.1) is 11.3 Å². The van der Waals surface area contributed by atoms with Gasteiger partial charge in [0.2, 0.25) is 6.79 Å². The Bertz CT molecular complexity index is 1010. The molecule has 2 aromatic carbocycles. The molecule has 0 fully saturated rings. The molecule has 0 saturated heterocycles. The first-order valence-corrected chi connectivity index (χ1v) is 8.87. The quantitative estimate of drug-likeness (QED) is 0.694. The highest BCUT2D eigenvalue weighted by atomic mass is 32.1. The van der Waals surface area contributed by atoms with Crippen LogP contribution in [0, 0.1) is 0 Å². The van der Waals surface area contributed by atoms with Crippen molar-refractivity contribution in [3.05, 3.63) is 59.0 Å². The Labute approximate surface area is 158 Å². The van der Waals surface area contributed by atoms with E-state index in [4.69, 9.17) is 9.47 Å². The lowest BCUT2D eigenvalue weighted by Crippen LogP contribution is -2.11. The molecule has 2 heterocycles. The van der Waals surface area contributed by atoms with E-state index in [9.17, 15) is 9.59 Å². The van der Waals surface area contributed by atoms with E-state index < -0.39 is 5.97 Å². The van der Waals surface area contributed by atoms with Crippen molar-refractivity contribution in [2.45, 2.75) is 0 Å². The molecule has 136 valence electrons. The number of thiazole rings is 1. The molecule has 4 rings (SSSR count). The first kappa shape index (κ1) is 17.0. The average molecular weight is 382 g/mol. The Balaban J connectivity index is 1.48. The number of methoxy groups -OCH3 is 1. The van der Waals surface area contributed by atoms with Crippen molar-refractivity contribution in [3.63, 3.8) is 0 Å². The first-order valence-electron chi connectivity index (χ1n) is 7.99. The number of amides is 1. The van der Waals surface area contributed by atoms with Crippen molar-refractivity contribution in [2.24, 2.45) is 0 Å². The van der Waals surface area contributed by atoms with Crippen LogP contribution >= 0.6 is 11.3 Å². The summed E-state index contributed by atoms with van der Waals surface area (Å²) >= 11 is 1.32. The summed E-state index contributed by atoms with van der Waals surface area (Å²) in [5.41, 5.74) is 2.46. The third-order valence-electron chi connectivity index (χ3n) is 3.96. The average Bonchev–Trinajstić information content (AvgIpc) is 3.36. The summed E-state index contributed by atoms with van der Waals surface area (Å²) in [6.07, 6.45) is 0. The van der Waals surface area contributed by atoms with Crippen LogP contribution in [0.1, 0.15) is 20.7 Å². The van der Waals surface area contributed by atoms with Gasteiger partial charge in [0.15, 0.2) is 16.6 Å². The summed E-state index contributed by atoms with van der Waals surface area (Å²) in [7, 11) is 1.34. The summed E-state index contributed by atoms with van der Waals surface area (Å²) in [5, 5.41) is 5.09. The molecule has 0 atom stereocenters. The van der Waals surface area contributed by atoms with Crippen molar-refractivity contribution >= 4 is 28.3 Å². The molecule has 8 heteroatoms. The van der Waals surface area contributed by atoms with Crippen LogP contribution in [0.4, 0.5) is 5.13 Å². The van der Waals surface area contributed by atoms with Crippen molar-refractivity contribution in [2.75, 3.05) is 19.2 Å². The number of anilines is 1. The topological polar surface area (TPSA) is 86.8 Å². The van der Waals surface area contributed by atoms with E-state index in [1.165, 1.54) is 18.4 Å². The lowest BCUT2D eigenvalue weighted by molar-refractivity contribution is 0.0600. The highest BCUT2D eigenvalue weighted by Crippen LogP contribution is 2.33. The monoisotopic (exact) mass is 382 g/mol. The maximum Gasteiger partial charge on any atom is 0.337 e. The molecule has 0 saturated carbocycles. The van der Waals surface area contributed by atoms with E-state index in [0.29, 0.717) is 33.5 Å². The zero-order valence-corrected chi connectivity index (χ0v) is 15.0. The van der Waals surface area contributed by atoms with Crippen LogP contribution in [0.2, 0.25) is 0 Å². The minimum absolute atomic E-state index is 0.158. The molecule has 0 radical (unpaired) electrons. The maximum atomic E-state index is 12.4. The zero-order valence-electron chi connectivity index (χ0n) is 14.2. The van der Waals surface area contributed by atoms with Gasteiger partial charge in [-0.05, 0) is 30.3 Å². The molecule has 0 bridgehead atoms. The lowest BCUT2D eigenvalue weighted by Gasteiger charge is -2.03. The van der Waals surface area contributed by atoms with Crippen molar-refractivity contribution < 1.29 is 23.8 Å². The first-order chi connectivity index (χ1) is 13.1. The van der Waals surface area contributed by atoms with Crippen LogP contribution in [0.25, 0.3) is 11.3 Å². The third-order valence-corrected chi connectivity index (χ3v) is 4.72. The zero-order chi connectivity index (χ0) is 18.8. The summed E-state index contributed by atoms with van der Waals surface area (Å²) in [6.45, 7) is 0.158. The number of benzene rings is 2. The molecule has 1 amide bonds. The number of nitrogens with one attached hydrogen (secondary N) is 1. The smallest absolute Gasteiger partial charge is 0.337 e. The summed E-state index contributed by atoms with van der Waals surface area (Å²) in [5.74, 6) is 0.499. The number of aromatic nitrogens is 1.